The number of halogens is 1. The molecule has 0 saturated carbocycles. The van der Waals surface area contributed by atoms with Gasteiger partial charge in [-0.05, 0) is 52.9 Å². The molecule has 0 aliphatic carbocycles. The first kappa shape index (κ1) is 15.2. The van der Waals surface area contributed by atoms with Gasteiger partial charge in [-0.2, -0.15) is 0 Å². The van der Waals surface area contributed by atoms with Crippen molar-refractivity contribution >= 4 is 45.8 Å². The van der Waals surface area contributed by atoms with Gasteiger partial charge in [0.25, 0.3) is 0 Å². The number of pyridine rings is 1. The summed E-state index contributed by atoms with van der Waals surface area (Å²) in [5.41, 5.74) is 0.408. The number of benzene rings is 1. The van der Waals surface area contributed by atoms with Gasteiger partial charge in [0.15, 0.2) is 5.69 Å². The predicted octanol–water partition coefficient (Wildman–Crippen LogP) is 3.12. The van der Waals surface area contributed by atoms with Crippen LogP contribution in [-0.4, -0.2) is 23.0 Å². The van der Waals surface area contributed by atoms with Crippen molar-refractivity contribution in [2.45, 2.75) is 0 Å². The summed E-state index contributed by atoms with van der Waals surface area (Å²) in [6.45, 7) is 0. The zero-order chi connectivity index (χ0) is 15.4. The topological polar surface area (TPSA) is 94.4 Å². The zero-order valence-electron chi connectivity index (χ0n) is 10.9. The molecule has 1 aromatic carbocycles. The van der Waals surface area contributed by atoms with E-state index in [2.05, 4.69) is 37.6 Å². The molecule has 0 fully saturated rings. The second-order valence-corrected chi connectivity index (χ2v) is 5.19. The lowest BCUT2D eigenvalue weighted by Gasteiger charge is -2.07. The summed E-state index contributed by atoms with van der Waals surface area (Å²) < 4.78 is 5.59. The Morgan fingerprint density at radius 1 is 1.29 bits per heavy atom. The molecule has 0 aliphatic heterocycles. The molecule has 2 rings (SSSR count). The summed E-state index contributed by atoms with van der Waals surface area (Å²) in [4.78, 5) is 25.9. The van der Waals surface area contributed by atoms with Crippen LogP contribution in [0.5, 0.6) is 0 Å². The molecule has 7 nitrogen and oxygen atoms in total. The van der Waals surface area contributed by atoms with Crippen molar-refractivity contribution in [3.05, 3.63) is 55.8 Å². The summed E-state index contributed by atoms with van der Waals surface area (Å²) in [5.74, 6) is -0.667. The van der Waals surface area contributed by atoms with E-state index < -0.39 is 10.9 Å². The lowest BCUT2D eigenvalue weighted by atomic mass is 10.3. The third-order valence-electron chi connectivity index (χ3n) is 2.57. The van der Waals surface area contributed by atoms with Crippen molar-refractivity contribution in [3.63, 3.8) is 0 Å². The quantitative estimate of drug-likeness (QED) is 0.368. The monoisotopic (exact) mass is 399 g/mol. The molecule has 21 heavy (non-hydrogen) atoms. The highest BCUT2D eigenvalue weighted by atomic mass is 127. The third kappa shape index (κ3) is 3.66. The second kappa shape index (κ2) is 6.48. The Balaban J connectivity index is 2.40. The van der Waals surface area contributed by atoms with E-state index in [1.54, 1.807) is 12.1 Å². The van der Waals surface area contributed by atoms with Gasteiger partial charge in [-0.1, -0.05) is 0 Å². The maximum absolute atomic E-state index is 11.5. The Morgan fingerprint density at radius 3 is 2.52 bits per heavy atom. The summed E-state index contributed by atoms with van der Waals surface area (Å²) in [7, 11) is 1.22. The largest absolute Gasteiger partial charge is 0.464 e. The van der Waals surface area contributed by atoms with Gasteiger partial charge < -0.3 is 10.1 Å². The van der Waals surface area contributed by atoms with Gasteiger partial charge >= 0.3 is 11.7 Å². The van der Waals surface area contributed by atoms with Crippen LogP contribution in [0.4, 0.5) is 17.2 Å². The Labute approximate surface area is 133 Å². The molecule has 0 atom stereocenters. The van der Waals surface area contributed by atoms with Crippen LogP contribution in [0.25, 0.3) is 0 Å². The lowest BCUT2D eigenvalue weighted by Crippen LogP contribution is -2.08. The minimum atomic E-state index is -0.657. The van der Waals surface area contributed by atoms with Crippen LogP contribution >= 0.6 is 22.6 Å². The van der Waals surface area contributed by atoms with E-state index in [4.69, 9.17) is 0 Å². The Kier molecular flexibility index (Phi) is 4.68. The van der Waals surface area contributed by atoms with Crippen LogP contribution in [0.3, 0.4) is 0 Å². The fourth-order valence-corrected chi connectivity index (χ4v) is 1.94. The number of nitrogens with one attached hydrogen (secondary N) is 1. The summed E-state index contributed by atoms with van der Waals surface area (Å²) in [5, 5.41) is 13.9. The molecule has 2 aromatic rings. The molecule has 0 radical (unpaired) electrons. The molecule has 8 heteroatoms. The Bertz CT molecular complexity index is 688. The molecule has 1 aromatic heterocycles. The van der Waals surface area contributed by atoms with Crippen molar-refractivity contribution in [2.24, 2.45) is 0 Å². The lowest BCUT2D eigenvalue weighted by molar-refractivity contribution is -0.384. The van der Waals surface area contributed by atoms with Gasteiger partial charge in [-0.15, -0.1) is 0 Å². The van der Waals surface area contributed by atoms with Crippen LogP contribution in [0.15, 0.2) is 36.4 Å². The van der Waals surface area contributed by atoms with E-state index in [-0.39, 0.29) is 17.2 Å². The number of rotatable bonds is 4. The average Bonchev–Trinajstić information content (AvgIpc) is 2.48. The van der Waals surface area contributed by atoms with E-state index in [0.29, 0.717) is 5.69 Å². The zero-order valence-corrected chi connectivity index (χ0v) is 13.0. The van der Waals surface area contributed by atoms with Crippen LogP contribution in [0, 0.1) is 13.7 Å². The molecule has 1 N–H and O–H groups in total. The van der Waals surface area contributed by atoms with Crippen molar-refractivity contribution < 1.29 is 14.5 Å². The van der Waals surface area contributed by atoms with Crippen molar-refractivity contribution in [3.8, 4) is 0 Å². The first-order valence-corrected chi connectivity index (χ1v) is 6.85. The summed E-state index contributed by atoms with van der Waals surface area (Å²) in [6, 6.07) is 9.69. The van der Waals surface area contributed by atoms with Crippen LogP contribution < -0.4 is 5.32 Å². The Morgan fingerprint density at radius 2 is 1.95 bits per heavy atom. The van der Waals surface area contributed by atoms with Crippen LogP contribution in [-0.2, 0) is 4.74 Å². The van der Waals surface area contributed by atoms with Crippen molar-refractivity contribution in [1.29, 1.82) is 0 Å². The number of methoxy groups -OCH3 is 1. The maximum Gasteiger partial charge on any atom is 0.356 e. The molecule has 0 aliphatic rings. The highest BCUT2D eigenvalue weighted by Gasteiger charge is 2.19. The minimum absolute atomic E-state index is 0.00360. The smallest absolute Gasteiger partial charge is 0.356 e. The molecular weight excluding hydrogens is 389 g/mol. The minimum Gasteiger partial charge on any atom is -0.464 e. The molecule has 0 amide bonds. The van der Waals surface area contributed by atoms with Crippen molar-refractivity contribution in [1.82, 2.24) is 4.98 Å². The fourth-order valence-electron chi connectivity index (χ4n) is 1.58. The van der Waals surface area contributed by atoms with Gasteiger partial charge in [-0.3, -0.25) is 10.1 Å². The number of esters is 1. The summed E-state index contributed by atoms with van der Waals surface area (Å²) >= 11 is 2.15. The molecule has 0 spiro atoms. The maximum atomic E-state index is 11.5. The van der Waals surface area contributed by atoms with Crippen LogP contribution in [0.1, 0.15) is 10.5 Å². The van der Waals surface area contributed by atoms with E-state index >= 15 is 0 Å². The standard InChI is InChI=1S/C13H10IN3O4/c1-21-13(18)10-6-7-11(17(19)20)12(16-10)15-9-4-2-8(14)3-5-9/h2-7H,1H3,(H,15,16). The second-order valence-electron chi connectivity index (χ2n) is 3.94. The summed E-state index contributed by atoms with van der Waals surface area (Å²) in [6.07, 6.45) is 0. The van der Waals surface area contributed by atoms with E-state index in [1.807, 2.05) is 12.1 Å². The first-order chi connectivity index (χ1) is 10.0. The number of nitrogens with zero attached hydrogens (tertiary/aromatic N) is 2. The van der Waals surface area contributed by atoms with Crippen LogP contribution in [0.2, 0.25) is 0 Å². The molecular formula is C13H10IN3O4. The number of ether oxygens (including phenoxy) is 1. The van der Waals surface area contributed by atoms with E-state index in [9.17, 15) is 14.9 Å². The molecule has 0 saturated heterocycles. The SMILES string of the molecule is COC(=O)c1ccc([N+](=O)[O-])c(Nc2ccc(I)cc2)n1. The van der Waals surface area contributed by atoms with Gasteiger partial charge in [0, 0.05) is 15.3 Å². The molecule has 108 valence electrons. The first-order valence-electron chi connectivity index (χ1n) is 5.77. The number of nitro groups is 1. The number of hydrogen-bond donors (Lipinski definition) is 1. The fraction of sp³-hybridized carbons (Fsp3) is 0.0769. The van der Waals surface area contributed by atoms with E-state index in [1.165, 1.54) is 19.2 Å². The number of carbonyl (C=O) groups is 1. The molecule has 0 bridgehead atoms. The number of aromatic nitrogens is 1. The number of hydrogen-bond acceptors (Lipinski definition) is 6. The van der Waals surface area contributed by atoms with Gasteiger partial charge in [0.2, 0.25) is 5.82 Å². The van der Waals surface area contributed by atoms with E-state index in [0.717, 1.165) is 3.57 Å². The Hall–Kier alpha value is -2.23. The van der Waals surface area contributed by atoms with Gasteiger partial charge in [0.1, 0.15) is 0 Å². The normalized spacial score (nSPS) is 10.0. The molecule has 0 unspecified atom stereocenters. The number of anilines is 2. The van der Waals surface area contributed by atoms with Crippen molar-refractivity contribution in [2.75, 3.05) is 12.4 Å². The number of carbonyl (C=O) groups excluding carboxylic acids is 1. The average molecular weight is 399 g/mol. The third-order valence-corrected chi connectivity index (χ3v) is 3.29. The highest BCUT2D eigenvalue weighted by molar-refractivity contribution is 14.1. The molecule has 1 heterocycles. The van der Waals surface area contributed by atoms with Gasteiger partial charge in [0.05, 0.1) is 12.0 Å². The predicted molar refractivity (Wildman–Crippen MR) is 84.7 cm³/mol. The highest BCUT2D eigenvalue weighted by Crippen LogP contribution is 2.26. The van der Waals surface area contributed by atoms with Gasteiger partial charge in [-0.25, -0.2) is 9.78 Å².